The van der Waals surface area contributed by atoms with Gasteiger partial charge < -0.3 is 14.9 Å². The highest BCUT2D eigenvalue weighted by atomic mass is 28.4. The number of hydrogen-bond donors (Lipinski definition) is 1. The molecular weight excluding hydrogens is 374 g/mol. The molecule has 1 aromatic carbocycles. The maximum atomic E-state index is 13.1. The fourth-order valence-corrected chi connectivity index (χ4v) is 4.03. The lowest BCUT2D eigenvalue weighted by molar-refractivity contribution is -0.135. The number of benzene rings is 1. The van der Waals surface area contributed by atoms with Crippen LogP contribution in [0.2, 0.25) is 18.1 Å². The first-order chi connectivity index (χ1) is 13.0. The van der Waals surface area contributed by atoms with Gasteiger partial charge in [-0.3, -0.25) is 4.79 Å². The average molecular weight is 406 g/mol. The summed E-state index contributed by atoms with van der Waals surface area (Å²) in [7, 11) is -2.17. The third kappa shape index (κ3) is 4.80. The maximum absolute atomic E-state index is 13.1. The summed E-state index contributed by atoms with van der Waals surface area (Å²) in [6.45, 7) is 12.5. The van der Waals surface area contributed by atoms with Crippen molar-refractivity contribution in [1.82, 2.24) is 5.01 Å². The molecule has 1 saturated heterocycles. The lowest BCUT2D eigenvalue weighted by Gasteiger charge is -2.37. The standard InChI is InChI=1S/C20H31N3O4Si/c1-7-26-19(25)17(21)22-23-15(14-11-9-8-10-12-14)13-16(18(23)24)27-28(5,6)20(2,3)4/h8-12,15-16H,7,13H2,1-6H3,(H2,21,22)/t15-,16+/m0/s1. The van der Waals surface area contributed by atoms with E-state index in [9.17, 15) is 9.59 Å². The largest absolute Gasteiger partial charge is 0.460 e. The zero-order chi connectivity index (χ0) is 21.1. The molecule has 0 aliphatic carbocycles. The van der Waals surface area contributed by atoms with Crippen molar-refractivity contribution in [3.05, 3.63) is 35.9 Å². The molecule has 1 heterocycles. The Hall–Kier alpha value is -2.19. The van der Waals surface area contributed by atoms with Gasteiger partial charge in [-0.05, 0) is 30.6 Å². The summed E-state index contributed by atoms with van der Waals surface area (Å²) in [5.41, 5.74) is 6.69. The lowest BCUT2D eigenvalue weighted by Crippen LogP contribution is -2.46. The smallest absolute Gasteiger partial charge is 0.375 e. The average Bonchev–Trinajstić information content (AvgIpc) is 2.90. The van der Waals surface area contributed by atoms with Gasteiger partial charge in [-0.2, -0.15) is 0 Å². The summed E-state index contributed by atoms with van der Waals surface area (Å²) >= 11 is 0. The first kappa shape index (κ1) is 22.1. The molecule has 0 saturated carbocycles. The summed E-state index contributed by atoms with van der Waals surface area (Å²) in [5.74, 6) is -1.37. The second-order valence-electron chi connectivity index (χ2n) is 8.42. The number of hydrazone groups is 1. The van der Waals surface area contributed by atoms with E-state index in [1.807, 2.05) is 30.3 Å². The summed E-state index contributed by atoms with van der Waals surface area (Å²) in [4.78, 5) is 25.0. The molecule has 0 aromatic heterocycles. The number of nitrogens with two attached hydrogens (primary N) is 1. The number of amides is 1. The molecule has 0 spiro atoms. The van der Waals surface area contributed by atoms with E-state index in [1.54, 1.807) is 6.92 Å². The summed E-state index contributed by atoms with van der Waals surface area (Å²) in [6, 6.07) is 9.21. The quantitative estimate of drug-likeness (QED) is 0.351. The third-order valence-corrected chi connectivity index (χ3v) is 9.85. The SMILES string of the molecule is CCOC(=O)/C(N)=N/N1C(=O)[C@H](O[Si](C)(C)C(C)(C)C)C[C@H]1c1ccccc1. The second-order valence-corrected chi connectivity index (χ2v) is 13.2. The van der Waals surface area contributed by atoms with Crippen LogP contribution in [0, 0.1) is 0 Å². The van der Waals surface area contributed by atoms with Gasteiger partial charge in [-0.15, -0.1) is 5.10 Å². The van der Waals surface area contributed by atoms with Gasteiger partial charge in [0.25, 0.3) is 5.91 Å². The molecule has 1 amide bonds. The highest BCUT2D eigenvalue weighted by Gasteiger charge is 2.47. The van der Waals surface area contributed by atoms with Crippen molar-refractivity contribution >= 4 is 26.0 Å². The maximum Gasteiger partial charge on any atom is 0.375 e. The van der Waals surface area contributed by atoms with Crippen molar-refractivity contribution in [2.45, 2.75) is 64.4 Å². The molecule has 2 rings (SSSR count). The van der Waals surface area contributed by atoms with Gasteiger partial charge in [-0.25, -0.2) is 9.80 Å². The van der Waals surface area contributed by atoms with Gasteiger partial charge >= 0.3 is 5.97 Å². The molecular formula is C20H31N3O4Si. The fraction of sp³-hybridized carbons (Fsp3) is 0.550. The molecule has 8 heteroatoms. The van der Waals surface area contributed by atoms with E-state index in [1.165, 1.54) is 5.01 Å². The van der Waals surface area contributed by atoms with Crippen LogP contribution in [0.1, 0.15) is 45.7 Å². The number of carbonyl (C=O) groups is 2. The summed E-state index contributed by atoms with van der Waals surface area (Å²) in [5, 5.41) is 5.36. The zero-order valence-corrected chi connectivity index (χ0v) is 18.6. The Morgan fingerprint density at radius 2 is 1.89 bits per heavy atom. The van der Waals surface area contributed by atoms with Crippen LogP contribution in [-0.4, -0.2) is 43.7 Å². The number of ether oxygens (including phenoxy) is 1. The van der Waals surface area contributed by atoms with Crippen molar-refractivity contribution in [2.24, 2.45) is 10.8 Å². The zero-order valence-electron chi connectivity index (χ0n) is 17.6. The predicted octanol–water partition coefficient (Wildman–Crippen LogP) is 3.19. The minimum atomic E-state index is -2.17. The van der Waals surface area contributed by atoms with E-state index in [-0.39, 0.29) is 29.4 Å². The monoisotopic (exact) mass is 405 g/mol. The molecule has 28 heavy (non-hydrogen) atoms. The second kappa shape index (κ2) is 8.44. The molecule has 0 bridgehead atoms. The molecule has 2 atom stereocenters. The van der Waals surface area contributed by atoms with Gasteiger partial charge in [0, 0.05) is 6.42 Å². The summed E-state index contributed by atoms with van der Waals surface area (Å²) < 4.78 is 11.3. The van der Waals surface area contributed by atoms with Gasteiger partial charge in [0.2, 0.25) is 5.84 Å². The van der Waals surface area contributed by atoms with E-state index >= 15 is 0 Å². The number of esters is 1. The Balaban J connectivity index is 2.35. The van der Waals surface area contributed by atoms with Crippen LogP contribution >= 0.6 is 0 Å². The minimum Gasteiger partial charge on any atom is -0.460 e. The molecule has 0 radical (unpaired) electrons. The number of rotatable bonds is 5. The van der Waals surface area contributed by atoms with Crippen molar-refractivity contribution in [3.8, 4) is 0 Å². The Kier molecular flexibility index (Phi) is 6.66. The Morgan fingerprint density at radius 1 is 1.29 bits per heavy atom. The first-order valence-corrected chi connectivity index (χ1v) is 12.5. The van der Waals surface area contributed by atoms with E-state index < -0.39 is 20.4 Å². The number of nitrogens with zero attached hydrogens (tertiary/aromatic N) is 2. The van der Waals surface area contributed by atoms with E-state index in [4.69, 9.17) is 14.9 Å². The molecule has 0 unspecified atom stereocenters. The van der Waals surface area contributed by atoms with E-state index in [2.05, 4.69) is 39.0 Å². The van der Waals surface area contributed by atoms with Crippen molar-refractivity contribution in [3.63, 3.8) is 0 Å². The van der Waals surface area contributed by atoms with E-state index in [0.717, 1.165) is 5.56 Å². The Morgan fingerprint density at radius 3 is 2.43 bits per heavy atom. The molecule has 1 fully saturated rings. The van der Waals surface area contributed by atoms with Crippen LogP contribution in [0.4, 0.5) is 0 Å². The highest BCUT2D eigenvalue weighted by molar-refractivity contribution is 6.74. The van der Waals surface area contributed by atoms with Crippen molar-refractivity contribution in [1.29, 1.82) is 0 Å². The van der Waals surface area contributed by atoms with Crippen LogP contribution < -0.4 is 5.73 Å². The van der Waals surface area contributed by atoms with Crippen molar-refractivity contribution in [2.75, 3.05) is 6.61 Å². The Bertz CT molecular complexity index is 744. The molecule has 154 valence electrons. The van der Waals surface area contributed by atoms with Gasteiger partial charge in [0.05, 0.1) is 12.6 Å². The van der Waals surface area contributed by atoms with Crippen LogP contribution in [0.5, 0.6) is 0 Å². The normalized spacial score (nSPS) is 21.1. The molecule has 1 aliphatic heterocycles. The van der Waals surface area contributed by atoms with Crippen LogP contribution in [0.25, 0.3) is 0 Å². The van der Waals surface area contributed by atoms with Crippen LogP contribution in [0.15, 0.2) is 35.4 Å². The molecule has 1 aromatic rings. The highest BCUT2D eigenvalue weighted by Crippen LogP contribution is 2.41. The molecule has 2 N–H and O–H groups in total. The van der Waals surface area contributed by atoms with Gasteiger partial charge in [0.1, 0.15) is 6.10 Å². The minimum absolute atomic E-state index is 0.0316. The number of amidine groups is 1. The van der Waals surface area contributed by atoms with E-state index in [0.29, 0.717) is 6.42 Å². The Labute approximate surface area is 168 Å². The first-order valence-electron chi connectivity index (χ1n) is 9.55. The van der Waals surface area contributed by atoms with Gasteiger partial charge in [-0.1, -0.05) is 51.1 Å². The topological polar surface area (TPSA) is 94.2 Å². The molecule has 1 aliphatic rings. The van der Waals surface area contributed by atoms with Gasteiger partial charge in [0.15, 0.2) is 8.32 Å². The predicted molar refractivity (Wildman–Crippen MR) is 111 cm³/mol. The van der Waals surface area contributed by atoms with Crippen LogP contribution in [0.3, 0.4) is 0 Å². The molecule has 7 nitrogen and oxygen atoms in total. The third-order valence-electron chi connectivity index (χ3n) is 5.36. The number of carbonyl (C=O) groups excluding carboxylic acids is 2. The van der Waals surface area contributed by atoms with Crippen LogP contribution in [-0.2, 0) is 18.8 Å². The summed E-state index contributed by atoms with van der Waals surface area (Å²) in [6.07, 6.45) is -0.167. The lowest BCUT2D eigenvalue weighted by atomic mass is 10.0. The fourth-order valence-electron chi connectivity index (χ4n) is 2.77. The van der Waals surface area contributed by atoms with Crippen molar-refractivity contribution < 1.29 is 18.8 Å². The number of hydrogen-bond acceptors (Lipinski definition) is 5.